The topological polar surface area (TPSA) is 38.0 Å². The van der Waals surface area contributed by atoms with Crippen LogP contribution in [0.2, 0.25) is 25.7 Å². The van der Waals surface area contributed by atoms with E-state index in [2.05, 4.69) is 25.0 Å². The minimum absolute atomic E-state index is 0.797. The van der Waals surface area contributed by atoms with Gasteiger partial charge in [0, 0.05) is 8.07 Å². The highest BCUT2D eigenvalue weighted by Crippen LogP contribution is 2.09. The van der Waals surface area contributed by atoms with Gasteiger partial charge in [-0.1, -0.05) is 38.5 Å². The Morgan fingerprint density at radius 1 is 0.867 bits per heavy atom. The molecular weight excluding hydrogens is 200 g/mol. The van der Waals surface area contributed by atoms with E-state index >= 15 is 0 Å². The number of rotatable bonds is 10. The second kappa shape index (κ2) is 9.37. The second-order valence-corrected chi connectivity index (χ2v) is 11.2. The lowest BCUT2D eigenvalue weighted by atomic mass is 10.2. The van der Waals surface area contributed by atoms with Crippen molar-refractivity contribution in [2.75, 3.05) is 19.6 Å². The van der Waals surface area contributed by atoms with Crippen molar-refractivity contribution < 1.29 is 0 Å². The van der Waals surface area contributed by atoms with Gasteiger partial charge < -0.3 is 11.1 Å². The van der Waals surface area contributed by atoms with Gasteiger partial charge in [0.05, 0.1) is 0 Å². The summed E-state index contributed by atoms with van der Waals surface area (Å²) in [6, 6.07) is 1.45. The van der Waals surface area contributed by atoms with Crippen molar-refractivity contribution in [1.29, 1.82) is 0 Å². The van der Waals surface area contributed by atoms with E-state index in [9.17, 15) is 0 Å². The van der Waals surface area contributed by atoms with Crippen molar-refractivity contribution in [3.63, 3.8) is 0 Å². The molecule has 0 fully saturated rings. The molecule has 15 heavy (non-hydrogen) atoms. The zero-order chi connectivity index (χ0) is 11.6. The molecule has 0 aliphatic carbocycles. The summed E-state index contributed by atoms with van der Waals surface area (Å²) in [7, 11) is -0.797. The number of hydrogen-bond acceptors (Lipinski definition) is 2. The van der Waals surface area contributed by atoms with E-state index in [1.54, 1.807) is 0 Å². The van der Waals surface area contributed by atoms with Crippen LogP contribution in [-0.2, 0) is 0 Å². The maximum absolute atomic E-state index is 5.44. The first-order chi connectivity index (χ1) is 7.06. The minimum Gasteiger partial charge on any atom is -0.330 e. The Morgan fingerprint density at radius 2 is 1.47 bits per heavy atom. The average molecular weight is 230 g/mol. The molecule has 0 aromatic carbocycles. The van der Waals surface area contributed by atoms with Gasteiger partial charge in [0.2, 0.25) is 0 Å². The average Bonchev–Trinajstić information content (AvgIpc) is 2.14. The first-order valence-electron chi connectivity index (χ1n) is 6.47. The fourth-order valence-corrected chi connectivity index (χ4v) is 2.85. The lowest BCUT2D eigenvalue weighted by molar-refractivity contribution is 0.586. The SMILES string of the molecule is C[Si](C)(C)CCCNCCCCCCN. The summed E-state index contributed by atoms with van der Waals surface area (Å²) >= 11 is 0. The van der Waals surface area contributed by atoms with E-state index in [1.165, 1.54) is 51.2 Å². The normalized spacial score (nSPS) is 12.0. The van der Waals surface area contributed by atoms with Crippen LogP contribution >= 0.6 is 0 Å². The third-order valence-electron chi connectivity index (χ3n) is 2.59. The Kier molecular flexibility index (Phi) is 9.45. The van der Waals surface area contributed by atoms with Gasteiger partial charge in [0.1, 0.15) is 0 Å². The van der Waals surface area contributed by atoms with Crippen molar-refractivity contribution in [3.8, 4) is 0 Å². The van der Waals surface area contributed by atoms with Gasteiger partial charge in [-0.25, -0.2) is 0 Å². The third kappa shape index (κ3) is 14.1. The van der Waals surface area contributed by atoms with Crippen LogP contribution in [0, 0.1) is 0 Å². The van der Waals surface area contributed by atoms with Gasteiger partial charge in [0.15, 0.2) is 0 Å². The molecule has 92 valence electrons. The van der Waals surface area contributed by atoms with Crippen molar-refractivity contribution >= 4 is 8.07 Å². The summed E-state index contributed by atoms with van der Waals surface area (Å²) in [6.07, 6.45) is 6.49. The van der Waals surface area contributed by atoms with Crippen LogP contribution in [0.4, 0.5) is 0 Å². The Hall–Kier alpha value is 0.137. The standard InChI is InChI=1S/C12H30N2Si/c1-15(2,3)12-8-11-14-10-7-5-4-6-9-13/h14H,4-13H2,1-3H3. The van der Waals surface area contributed by atoms with Gasteiger partial charge in [-0.3, -0.25) is 0 Å². The lowest BCUT2D eigenvalue weighted by Crippen LogP contribution is -2.23. The molecule has 0 radical (unpaired) electrons. The van der Waals surface area contributed by atoms with Crippen molar-refractivity contribution in [2.45, 2.75) is 57.8 Å². The predicted molar refractivity (Wildman–Crippen MR) is 73.2 cm³/mol. The highest BCUT2D eigenvalue weighted by atomic mass is 28.3. The fraction of sp³-hybridized carbons (Fsp3) is 1.00. The predicted octanol–water partition coefficient (Wildman–Crippen LogP) is 2.82. The highest BCUT2D eigenvalue weighted by Gasteiger charge is 2.11. The van der Waals surface area contributed by atoms with Gasteiger partial charge in [-0.05, 0) is 38.9 Å². The number of nitrogens with two attached hydrogens (primary N) is 1. The molecular formula is C12H30N2Si. The number of nitrogens with one attached hydrogen (secondary N) is 1. The molecule has 0 saturated heterocycles. The molecule has 0 bridgehead atoms. The van der Waals surface area contributed by atoms with Crippen LogP contribution in [0.5, 0.6) is 0 Å². The summed E-state index contributed by atoms with van der Waals surface area (Å²) < 4.78 is 0. The molecule has 0 atom stereocenters. The summed E-state index contributed by atoms with van der Waals surface area (Å²) in [5.74, 6) is 0. The van der Waals surface area contributed by atoms with E-state index < -0.39 is 8.07 Å². The quantitative estimate of drug-likeness (QED) is 0.447. The van der Waals surface area contributed by atoms with Gasteiger partial charge in [0.25, 0.3) is 0 Å². The first kappa shape index (κ1) is 15.1. The largest absolute Gasteiger partial charge is 0.330 e. The summed E-state index contributed by atoms with van der Waals surface area (Å²) in [4.78, 5) is 0. The maximum Gasteiger partial charge on any atom is 0.0443 e. The van der Waals surface area contributed by atoms with Crippen LogP contribution in [0.15, 0.2) is 0 Å². The zero-order valence-electron chi connectivity index (χ0n) is 10.9. The Balaban J connectivity index is 2.99. The first-order valence-corrected chi connectivity index (χ1v) is 10.2. The molecule has 0 spiro atoms. The van der Waals surface area contributed by atoms with Crippen LogP contribution < -0.4 is 11.1 Å². The molecule has 0 heterocycles. The van der Waals surface area contributed by atoms with E-state index in [0.717, 1.165) is 6.54 Å². The molecule has 2 nitrogen and oxygen atoms in total. The monoisotopic (exact) mass is 230 g/mol. The zero-order valence-corrected chi connectivity index (χ0v) is 11.9. The van der Waals surface area contributed by atoms with Gasteiger partial charge >= 0.3 is 0 Å². The van der Waals surface area contributed by atoms with Crippen LogP contribution in [0.1, 0.15) is 32.1 Å². The Bertz CT molecular complexity index is 132. The summed E-state index contributed by atoms with van der Waals surface area (Å²) in [5.41, 5.74) is 5.44. The molecule has 0 aromatic rings. The Labute approximate surface area is 97.0 Å². The van der Waals surface area contributed by atoms with Crippen LogP contribution in [-0.4, -0.2) is 27.7 Å². The molecule has 0 saturated carbocycles. The molecule has 0 aliphatic rings. The lowest BCUT2D eigenvalue weighted by Gasteiger charge is -2.15. The van der Waals surface area contributed by atoms with Crippen molar-refractivity contribution in [2.24, 2.45) is 5.73 Å². The van der Waals surface area contributed by atoms with E-state index in [1.807, 2.05) is 0 Å². The van der Waals surface area contributed by atoms with Crippen molar-refractivity contribution in [3.05, 3.63) is 0 Å². The summed E-state index contributed by atoms with van der Waals surface area (Å²) in [6.45, 7) is 10.6. The highest BCUT2D eigenvalue weighted by molar-refractivity contribution is 6.76. The third-order valence-corrected chi connectivity index (χ3v) is 4.44. The maximum atomic E-state index is 5.44. The molecule has 0 unspecified atom stereocenters. The molecule has 3 heteroatoms. The minimum atomic E-state index is -0.797. The van der Waals surface area contributed by atoms with Crippen LogP contribution in [0.3, 0.4) is 0 Å². The molecule has 3 N–H and O–H groups in total. The molecule has 0 rings (SSSR count). The second-order valence-electron chi connectivity index (χ2n) is 5.62. The number of unbranched alkanes of at least 4 members (excludes halogenated alkanes) is 3. The van der Waals surface area contributed by atoms with Crippen molar-refractivity contribution in [1.82, 2.24) is 5.32 Å². The number of hydrogen-bond donors (Lipinski definition) is 2. The van der Waals surface area contributed by atoms with Gasteiger partial charge in [-0.15, -0.1) is 0 Å². The summed E-state index contributed by atoms with van der Waals surface area (Å²) in [5, 5.41) is 3.53. The smallest absolute Gasteiger partial charge is 0.0443 e. The molecule has 0 amide bonds. The molecule has 0 aliphatic heterocycles. The fourth-order valence-electron chi connectivity index (χ4n) is 1.62. The van der Waals surface area contributed by atoms with Crippen LogP contribution in [0.25, 0.3) is 0 Å². The van der Waals surface area contributed by atoms with E-state index in [0.29, 0.717) is 0 Å². The molecule has 0 aromatic heterocycles. The Morgan fingerprint density at radius 3 is 2.07 bits per heavy atom. The van der Waals surface area contributed by atoms with E-state index in [-0.39, 0.29) is 0 Å². The van der Waals surface area contributed by atoms with E-state index in [4.69, 9.17) is 5.73 Å². The van der Waals surface area contributed by atoms with Gasteiger partial charge in [-0.2, -0.15) is 0 Å².